The third kappa shape index (κ3) is 4.95. The molecule has 0 aliphatic heterocycles. The Labute approximate surface area is 179 Å². The molecule has 0 aliphatic rings. The first-order valence-corrected chi connectivity index (χ1v) is 9.66. The van der Waals surface area contributed by atoms with Gasteiger partial charge >= 0.3 is 5.97 Å². The van der Waals surface area contributed by atoms with Crippen molar-refractivity contribution in [3.63, 3.8) is 0 Å². The minimum Gasteiger partial charge on any atom is -0.444 e. The largest absolute Gasteiger partial charge is 0.444 e. The molecule has 1 N–H and O–H groups in total. The zero-order valence-corrected chi connectivity index (χ0v) is 17.4. The normalized spacial score (nSPS) is 11.5. The molecule has 1 amide bonds. The molecule has 7 heteroatoms. The van der Waals surface area contributed by atoms with Crippen molar-refractivity contribution < 1.29 is 19.2 Å². The maximum Gasteiger partial charge on any atom is 0.339 e. The van der Waals surface area contributed by atoms with Crippen LogP contribution in [0.3, 0.4) is 0 Å². The summed E-state index contributed by atoms with van der Waals surface area (Å²) in [6.45, 7) is 5.25. The summed E-state index contributed by atoms with van der Waals surface area (Å²) in [5, 5.41) is 14.0. The average Bonchev–Trinajstić information content (AvgIpc) is 2.75. The number of nitrogens with zero attached hydrogens (tertiary/aromatic N) is 1. The van der Waals surface area contributed by atoms with Gasteiger partial charge in [-0.2, -0.15) is 0 Å². The molecule has 7 nitrogen and oxygen atoms in total. The van der Waals surface area contributed by atoms with Gasteiger partial charge in [-0.05, 0) is 44.0 Å². The molecule has 3 rings (SSSR count). The zero-order valence-electron chi connectivity index (χ0n) is 17.4. The molecule has 0 aromatic heterocycles. The first-order valence-electron chi connectivity index (χ1n) is 9.66. The smallest absolute Gasteiger partial charge is 0.339 e. The van der Waals surface area contributed by atoms with Crippen LogP contribution in [0.15, 0.2) is 66.7 Å². The molecule has 0 heterocycles. The topological polar surface area (TPSA) is 98.5 Å². The Balaban J connectivity index is 1.93. The number of nitro groups is 1. The quantitative estimate of drug-likeness (QED) is 0.343. The van der Waals surface area contributed by atoms with E-state index in [1.165, 1.54) is 25.1 Å². The van der Waals surface area contributed by atoms with Crippen LogP contribution in [0.1, 0.15) is 38.7 Å². The van der Waals surface area contributed by atoms with E-state index >= 15 is 0 Å². The van der Waals surface area contributed by atoms with E-state index in [0.717, 1.165) is 11.1 Å². The maximum atomic E-state index is 13.1. The fraction of sp³-hybridized carbons (Fsp3) is 0.167. The van der Waals surface area contributed by atoms with Gasteiger partial charge in [0.05, 0.1) is 10.5 Å². The van der Waals surface area contributed by atoms with Crippen LogP contribution in [0.25, 0.3) is 0 Å². The molecule has 0 bridgehead atoms. The molecular formula is C24H22N2O5. The van der Waals surface area contributed by atoms with Crippen LogP contribution in [-0.2, 0) is 9.53 Å². The van der Waals surface area contributed by atoms with Crippen LogP contribution in [0.4, 0.5) is 11.4 Å². The standard InChI is InChI=1S/C24H22N2O5/c1-15-12-13-16(2)20(14-15)25-23(27)22(18-8-5-4-6-9-18)31-24(28)19-10-7-11-21(17(19)3)26(29)30/h4-14,22H,1-3H3,(H,25,27)/t22-/m1/s1. The molecule has 0 fully saturated rings. The summed E-state index contributed by atoms with van der Waals surface area (Å²) < 4.78 is 5.57. The number of carbonyl (C=O) groups is 2. The van der Waals surface area contributed by atoms with Gasteiger partial charge < -0.3 is 10.1 Å². The third-order valence-electron chi connectivity index (χ3n) is 4.94. The van der Waals surface area contributed by atoms with Gasteiger partial charge in [-0.3, -0.25) is 14.9 Å². The Bertz CT molecular complexity index is 1140. The molecule has 0 radical (unpaired) electrons. The summed E-state index contributed by atoms with van der Waals surface area (Å²) in [6.07, 6.45) is -1.23. The van der Waals surface area contributed by atoms with Crippen LogP contribution in [0.5, 0.6) is 0 Å². The highest BCUT2D eigenvalue weighted by atomic mass is 16.6. The lowest BCUT2D eigenvalue weighted by Crippen LogP contribution is -2.26. The van der Waals surface area contributed by atoms with Gasteiger partial charge in [0, 0.05) is 22.9 Å². The lowest BCUT2D eigenvalue weighted by atomic mass is 10.1. The van der Waals surface area contributed by atoms with Crippen molar-refractivity contribution >= 4 is 23.3 Å². The lowest BCUT2D eigenvalue weighted by molar-refractivity contribution is -0.385. The molecule has 3 aromatic rings. The minimum atomic E-state index is -1.23. The number of carbonyl (C=O) groups excluding carboxylic acids is 2. The minimum absolute atomic E-state index is 0.0367. The highest BCUT2D eigenvalue weighted by Gasteiger charge is 2.28. The van der Waals surface area contributed by atoms with E-state index in [9.17, 15) is 19.7 Å². The van der Waals surface area contributed by atoms with Crippen LogP contribution in [0.2, 0.25) is 0 Å². The monoisotopic (exact) mass is 418 g/mol. The summed E-state index contributed by atoms with van der Waals surface area (Å²) in [7, 11) is 0. The van der Waals surface area contributed by atoms with E-state index in [0.29, 0.717) is 11.3 Å². The number of anilines is 1. The molecule has 0 aliphatic carbocycles. The number of aryl methyl sites for hydroxylation is 2. The number of nitrogens with one attached hydrogen (secondary N) is 1. The van der Waals surface area contributed by atoms with Crippen molar-refractivity contribution in [2.24, 2.45) is 0 Å². The van der Waals surface area contributed by atoms with Crippen molar-refractivity contribution in [2.45, 2.75) is 26.9 Å². The number of hydrogen-bond acceptors (Lipinski definition) is 5. The zero-order chi connectivity index (χ0) is 22.5. The van der Waals surface area contributed by atoms with Crippen molar-refractivity contribution in [3.8, 4) is 0 Å². The van der Waals surface area contributed by atoms with Gasteiger partial charge in [-0.15, -0.1) is 0 Å². The van der Waals surface area contributed by atoms with E-state index in [2.05, 4.69) is 5.32 Å². The molecule has 0 unspecified atom stereocenters. The number of hydrogen-bond donors (Lipinski definition) is 1. The molecular weight excluding hydrogens is 396 g/mol. The van der Waals surface area contributed by atoms with Crippen LogP contribution in [-0.4, -0.2) is 16.8 Å². The Kier molecular flexibility index (Phi) is 6.45. The fourth-order valence-electron chi connectivity index (χ4n) is 3.18. The second kappa shape index (κ2) is 9.21. The van der Waals surface area contributed by atoms with Gasteiger partial charge in [0.25, 0.3) is 11.6 Å². The molecule has 0 spiro atoms. The van der Waals surface area contributed by atoms with Crippen molar-refractivity contribution in [1.29, 1.82) is 0 Å². The molecule has 0 saturated heterocycles. The van der Waals surface area contributed by atoms with Gasteiger partial charge in [0.2, 0.25) is 6.10 Å². The van der Waals surface area contributed by atoms with Gasteiger partial charge in [0.15, 0.2) is 0 Å². The molecule has 158 valence electrons. The highest BCUT2D eigenvalue weighted by Crippen LogP contribution is 2.26. The molecule has 1 atom stereocenters. The van der Waals surface area contributed by atoms with Crippen LogP contribution in [0, 0.1) is 30.9 Å². The second-order valence-corrected chi connectivity index (χ2v) is 7.21. The molecule has 0 saturated carbocycles. The molecule has 31 heavy (non-hydrogen) atoms. The van der Waals surface area contributed by atoms with Gasteiger partial charge in [-0.25, -0.2) is 4.79 Å². The summed E-state index contributed by atoms with van der Waals surface area (Å²) in [5.41, 5.74) is 2.97. The Morgan fingerprint density at radius 3 is 2.35 bits per heavy atom. The van der Waals surface area contributed by atoms with Crippen LogP contribution >= 0.6 is 0 Å². The van der Waals surface area contributed by atoms with Gasteiger partial charge in [0.1, 0.15) is 0 Å². The Morgan fingerprint density at radius 1 is 0.968 bits per heavy atom. The fourth-order valence-corrected chi connectivity index (χ4v) is 3.18. The predicted octanol–water partition coefficient (Wildman–Crippen LogP) is 5.06. The number of benzene rings is 3. The van der Waals surface area contributed by atoms with E-state index in [1.807, 2.05) is 32.0 Å². The average molecular weight is 418 g/mol. The Hall–Kier alpha value is -4.00. The number of nitro benzene ring substituents is 1. The van der Waals surface area contributed by atoms with Gasteiger partial charge in [-0.1, -0.05) is 48.5 Å². The van der Waals surface area contributed by atoms with Crippen molar-refractivity contribution in [1.82, 2.24) is 0 Å². The lowest BCUT2D eigenvalue weighted by Gasteiger charge is -2.19. The van der Waals surface area contributed by atoms with Crippen molar-refractivity contribution in [3.05, 3.63) is 105 Å². The SMILES string of the molecule is Cc1ccc(C)c(NC(=O)[C@H](OC(=O)c2cccc([N+](=O)[O-])c2C)c2ccccc2)c1. The van der Waals surface area contributed by atoms with Crippen molar-refractivity contribution in [2.75, 3.05) is 5.32 Å². The van der Waals surface area contributed by atoms with E-state index in [1.54, 1.807) is 30.3 Å². The highest BCUT2D eigenvalue weighted by molar-refractivity contribution is 5.99. The summed E-state index contributed by atoms with van der Waals surface area (Å²) in [6, 6.07) is 18.4. The van der Waals surface area contributed by atoms with E-state index in [4.69, 9.17) is 4.74 Å². The predicted molar refractivity (Wildman–Crippen MR) is 117 cm³/mol. The first kappa shape index (κ1) is 21.7. The summed E-state index contributed by atoms with van der Waals surface area (Å²) in [5.74, 6) is -1.33. The number of esters is 1. The third-order valence-corrected chi connectivity index (χ3v) is 4.94. The Morgan fingerprint density at radius 2 is 1.68 bits per heavy atom. The first-order chi connectivity index (χ1) is 14.8. The second-order valence-electron chi connectivity index (χ2n) is 7.21. The number of amides is 1. The maximum absolute atomic E-state index is 13.1. The van der Waals surface area contributed by atoms with Crippen LogP contribution < -0.4 is 5.32 Å². The summed E-state index contributed by atoms with van der Waals surface area (Å²) >= 11 is 0. The van der Waals surface area contributed by atoms with E-state index < -0.39 is 22.9 Å². The molecule has 3 aromatic carbocycles. The summed E-state index contributed by atoms with van der Waals surface area (Å²) in [4.78, 5) is 36.6. The number of ether oxygens (including phenoxy) is 1. The van der Waals surface area contributed by atoms with E-state index in [-0.39, 0.29) is 16.8 Å². The number of rotatable bonds is 6.